The zero-order valence-electron chi connectivity index (χ0n) is 10.3. The highest BCUT2D eigenvalue weighted by Crippen LogP contribution is 2.25. The zero-order valence-corrected chi connectivity index (χ0v) is 10.3. The van der Waals surface area contributed by atoms with E-state index in [1.165, 1.54) is 0 Å². The van der Waals surface area contributed by atoms with Gasteiger partial charge in [0.15, 0.2) is 11.5 Å². The number of nitrogens with zero attached hydrogens (tertiary/aromatic N) is 3. The second kappa shape index (κ2) is 3.96. The van der Waals surface area contributed by atoms with Crippen molar-refractivity contribution in [2.45, 2.75) is 13.5 Å². The van der Waals surface area contributed by atoms with Gasteiger partial charge in [-0.05, 0) is 36.8 Å². The third-order valence-corrected chi connectivity index (χ3v) is 3.15. The van der Waals surface area contributed by atoms with Crippen molar-refractivity contribution in [3.63, 3.8) is 0 Å². The number of fused-ring (bicyclic) bond motifs is 3. The molecular weight excluding hydrogens is 228 g/mol. The summed E-state index contributed by atoms with van der Waals surface area (Å²) >= 11 is 0. The maximum atomic E-state index is 5.70. The largest absolute Gasteiger partial charge is 0.497 e. The molecule has 2 heterocycles. The van der Waals surface area contributed by atoms with Crippen LogP contribution in [0.1, 0.15) is 11.4 Å². The Balaban J connectivity index is 2.48. The van der Waals surface area contributed by atoms with Crippen molar-refractivity contribution in [3.05, 3.63) is 35.7 Å². The number of nitrogens with two attached hydrogens (primary N) is 1. The van der Waals surface area contributed by atoms with E-state index in [-0.39, 0.29) is 0 Å². The quantitative estimate of drug-likeness (QED) is 0.742. The fourth-order valence-corrected chi connectivity index (χ4v) is 2.24. The Morgan fingerprint density at radius 1 is 1.28 bits per heavy atom. The molecule has 0 aliphatic rings. The van der Waals surface area contributed by atoms with Crippen molar-refractivity contribution >= 4 is 16.6 Å². The van der Waals surface area contributed by atoms with Gasteiger partial charge in [0.05, 0.1) is 19.2 Å². The minimum atomic E-state index is 0.366. The fraction of sp³-hybridized carbons (Fsp3) is 0.231. The summed E-state index contributed by atoms with van der Waals surface area (Å²) in [5.41, 5.74) is 8.72. The van der Waals surface area contributed by atoms with Gasteiger partial charge in [0.1, 0.15) is 5.75 Å². The van der Waals surface area contributed by atoms with Crippen LogP contribution in [0.15, 0.2) is 24.3 Å². The molecule has 18 heavy (non-hydrogen) atoms. The summed E-state index contributed by atoms with van der Waals surface area (Å²) < 4.78 is 7.25. The van der Waals surface area contributed by atoms with Gasteiger partial charge in [0.25, 0.3) is 0 Å². The average molecular weight is 242 g/mol. The maximum Gasteiger partial charge on any atom is 0.161 e. The van der Waals surface area contributed by atoms with E-state index >= 15 is 0 Å². The molecule has 3 aromatic rings. The van der Waals surface area contributed by atoms with Gasteiger partial charge in [-0.15, -0.1) is 10.2 Å². The van der Waals surface area contributed by atoms with Crippen LogP contribution in [0.2, 0.25) is 0 Å². The number of methoxy groups -OCH3 is 1. The second-order valence-electron chi connectivity index (χ2n) is 4.22. The van der Waals surface area contributed by atoms with E-state index in [4.69, 9.17) is 10.5 Å². The molecule has 2 N–H and O–H groups in total. The fourth-order valence-electron chi connectivity index (χ4n) is 2.24. The van der Waals surface area contributed by atoms with Gasteiger partial charge in [-0.1, -0.05) is 0 Å². The average Bonchev–Trinajstić information content (AvgIpc) is 2.81. The van der Waals surface area contributed by atoms with Crippen LogP contribution in [0.4, 0.5) is 0 Å². The molecular formula is C13H14N4O. The molecule has 5 heteroatoms. The number of ether oxygens (including phenoxy) is 1. The highest BCUT2D eigenvalue weighted by molar-refractivity contribution is 5.86. The molecule has 0 saturated carbocycles. The molecule has 0 bridgehead atoms. The first-order chi connectivity index (χ1) is 8.74. The van der Waals surface area contributed by atoms with Gasteiger partial charge in [-0.3, -0.25) is 4.40 Å². The van der Waals surface area contributed by atoms with E-state index in [2.05, 4.69) is 17.1 Å². The van der Waals surface area contributed by atoms with Gasteiger partial charge < -0.3 is 10.5 Å². The second-order valence-corrected chi connectivity index (χ2v) is 4.22. The van der Waals surface area contributed by atoms with E-state index in [1.54, 1.807) is 7.11 Å². The van der Waals surface area contributed by atoms with Crippen LogP contribution in [0.5, 0.6) is 5.75 Å². The lowest BCUT2D eigenvalue weighted by Crippen LogP contribution is -2.03. The Morgan fingerprint density at radius 2 is 2.11 bits per heavy atom. The molecule has 0 aliphatic carbocycles. The first-order valence-corrected chi connectivity index (χ1v) is 5.76. The molecule has 92 valence electrons. The Hall–Kier alpha value is -2.14. The van der Waals surface area contributed by atoms with Crippen LogP contribution < -0.4 is 10.5 Å². The lowest BCUT2D eigenvalue weighted by molar-refractivity contribution is 0.415. The molecule has 0 radical (unpaired) electrons. The number of rotatable bonds is 2. The predicted molar refractivity (Wildman–Crippen MR) is 69.7 cm³/mol. The number of pyridine rings is 1. The molecule has 0 fully saturated rings. The predicted octanol–water partition coefficient (Wildman–Crippen LogP) is 1.66. The SMILES string of the molecule is COc1ccc2c(c1)c(C)cc1nnc(CN)n12. The lowest BCUT2D eigenvalue weighted by Gasteiger charge is -2.08. The summed E-state index contributed by atoms with van der Waals surface area (Å²) in [7, 11) is 1.67. The van der Waals surface area contributed by atoms with Gasteiger partial charge in [0.2, 0.25) is 0 Å². The van der Waals surface area contributed by atoms with Crippen molar-refractivity contribution < 1.29 is 4.74 Å². The van der Waals surface area contributed by atoms with Gasteiger partial charge >= 0.3 is 0 Å². The highest BCUT2D eigenvalue weighted by Gasteiger charge is 2.10. The molecule has 0 unspecified atom stereocenters. The molecule has 0 atom stereocenters. The number of hydrogen-bond acceptors (Lipinski definition) is 4. The van der Waals surface area contributed by atoms with Crippen molar-refractivity contribution in [1.29, 1.82) is 0 Å². The first kappa shape index (κ1) is 11.0. The molecule has 1 aromatic carbocycles. The van der Waals surface area contributed by atoms with Crippen LogP contribution >= 0.6 is 0 Å². The number of hydrogen-bond donors (Lipinski definition) is 1. The first-order valence-electron chi connectivity index (χ1n) is 5.76. The van der Waals surface area contributed by atoms with E-state index in [0.29, 0.717) is 6.54 Å². The number of aryl methyl sites for hydroxylation is 1. The number of benzene rings is 1. The third-order valence-electron chi connectivity index (χ3n) is 3.15. The molecule has 0 spiro atoms. The maximum absolute atomic E-state index is 5.70. The Bertz CT molecular complexity index is 733. The van der Waals surface area contributed by atoms with E-state index in [1.807, 2.05) is 28.7 Å². The van der Waals surface area contributed by atoms with Crippen LogP contribution in [0.3, 0.4) is 0 Å². The smallest absolute Gasteiger partial charge is 0.161 e. The summed E-state index contributed by atoms with van der Waals surface area (Å²) in [6, 6.07) is 7.97. The lowest BCUT2D eigenvalue weighted by atomic mass is 10.1. The zero-order chi connectivity index (χ0) is 12.7. The molecule has 0 aliphatic heterocycles. The minimum absolute atomic E-state index is 0.366. The highest BCUT2D eigenvalue weighted by atomic mass is 16.5. The number of aromatic nitrogens is 3. The minimum Gasteiger partial charge on any atom is -0.497 e. The van der Waals surface area contributed by atoms with Crippen molar-refractivity contribution in [2.24, 2.45) is 5.73 Å². The van der Waals surface area contributed by atoms with Crippen molar-refractivity contribution in [3.8, 4) is 5.75 Å². The summed E-state index contributed by atoms with van der Waals surface area (Å²) in [5.74, 6) is 1.60. The molecule has 0 amide bonds. The Labute approximate surface area is 104 Å². The van der Waals surface area contributed by atoms with E-state index in [9.17, 15) is 0 Å². The molecule has 5 nitrogen and oxygen atoms in total. The van der Waals surface area contributed by atoms with Crippen LogP contribution in [-0.4, -0.2) is 21.7 Å². The summed E-state index contributed by atoms with van der Waals surface area (Å²) in [6.07, 6.45) is 0. The summed E-state index contributed by atoms with van der Waals surface area (Å²) in [6.45, 7) is 2.42. The van der Waals surface area contributed by atoms with Crippen LogP contribution in [-0.2, 0) is 6.54 Å². The van der Waals surface area contributed by atoms with Crippen molar-refractivity contribution in [2.75, 3.05) is 7.11 Å². The molecule has 3 rings (SSSR count). The van der Waals surface area contributed by atoms with E-state index < -0.39 is 0 Å². The van der Waals surface area contributed by atoms with Gasteiger partial charge in [-0.2, -0.15) is 0 Å². The van der Waals surface area contributed by atoms with Crippen LogP contribution in [0.25, 0.3) is 16.6 Å². The van der Waals surface area contributed by atoms with E-state index in [0.717, 1.165) is 33.7 Å². The Kier molecular flexibility index (Phi) is 2.41. The van der Waals surface area contributed by atoms with Crippen LogP contribution in [0, 0.1) is 6.92 Å². The van der Waals surface area contributed by atoms with Gasteiger partial charge in [0, 0.05) is 5.39 Å². The summed E-state index contributed by atoms with van der Waals surface area (Å²) in [5, 5.41) is 9.37. The monoisotopic (exact) mass is 242 g/mol. The molecule has 2 aromatic heterocycles. The normalized spacial score (nSPS) is 11.3. The Morgan fingerprint density at radius 3 is 2.83 bits per heavy atom. The summed E-state index contributed by atoms with van der Waals surface area (Å²) in [4.78, 5) is 0. The topological polar surface area (TPSA) is 65.4 Å². The standard InChI is InChI=1S/C13H14N4O/c1-8-5-12-15-16-13(7-14)17(12)11-4-3-9(18-2)6-10(8)11/h3-6H,7,14H2,1-2H3. The third kappa shape index (κ3) is 1.44. The van der Waals surface area contributed by atoms with Crippen molar-refractivity contribution in [1.82, 2.24) is 14.6 Å². The molecule has 0 saturated heterocycles. The van der Waals surface area contributed by atoms with Gasteiger partial charge in [-0.25, -0.2) is 0 Å².